The molecule has 2 aromatic rings. The smallest absolute Gasteiger partial charge is 0.252 e. The summed E-state index contributed by atoms with van der Waals surface area (Å²) in [7, 11) is 1.77. The zero-order valence-electron chi connectivity index (χ0n) is 13.3. The van der Waals surface area contributed by atoms with Crippen LogP contribution in [0.4, 0.5) is 5.82 Å². The van der Waals surface area contributed by atoms with Gasteiger partial charge in [0.1, 0.15) is 0 Å². The number of rotatable bonds is 5. The second-order valence-corrected chi connectivity index (χ2v) is 6.21. The summed E-state index contributed by atoms with van der Waals surface area (Å²) in [5.41, 5.74) is 1.81. The van der Waals surface area contributed by atoms with Gasteiger partial charge in [0.15, 0.2) is 5.82 Å². The van der Waals surface area contributed by atoms with Crippen LogP contribution < -0.4 is 10.6 Å². The molecule has 3 rings (SSSR count). The van der Waals surface area contributed by atoms with Crippen molar-refractivity contribution < 1.29 is 9.59 Å². The third-order valence-electron chi connectivity index (χ3n) is 4.21. The van der Waals surface area contributed by atoms with Crippen molar-refractivity contribution in [1.82, 2.24) is 15.1 Å². The molecule has 6 heteroatoms. The summed E-state index contributed by atoms with van der Waals surface area (Å²) in [6.07, 6.45) is 3.93. The maximum absolute atomic E-state index is 12.4. The first-order valence-electron chi connectivity index (χ1n) is 7.65. The number of anilines is 1. The SMILES string of the molecule is Cn1ccc(NC(=O)CNC(=O)c2ccccc2C2(C)CC2)n1. The largest absolute Gasteiger partial charge is 0.343 e. The molecule has 0 unspecified atom stereocenters. The van der Waals surface area contributed by atoms with Crippen LogP contribution in [0.1, 0.15) is 35.7 Å². The van der Waals surface area contributed by atoms with Gasteiger partial charge in [0.25, 0.3) is 5.91 Å². The standard InChI is InChI=1S/C17H20N4O2/c1-17(8-9-17)13-6-4-3-5-12(13)16(23)18-11-15(22)19-14-7-10-21(2)20-14/h3-7,10H,8-9,11H2,1-2H3,(H,18,23)(H,19,20,22). The molecule has 2 amide bonds. The molecule has 120 valence electrons. The van der Waals surface area contributed by atoms with Gasteiger partial charge in [-0.1, -0.05) is 25.1 Å². The normalized spacial score (nSPS) is 15.0. The van der Waals surface area contributed by atoms with Crippen LogP contribution in [0.5, 0.6) is 0 Å². The minimum atomic E-state index is -0.299. The number of hydrogen-bond donors (Lipinski definition) is 2. The lowest BCUT2D eigenvalue weighted by atomic mass is 9.93. The minimum Gasteiger partial charge on any atom is -0.343 e. The van der Waals surface area contributed by atoms with E-state index in [1.807, 2.05) is 24.3 Å². The van der Waals surface area contributed by atoms with E-state index >= 15 is 0 Å². The van der Waals surface area contributed by atoms with Crippen LogP contribution in [-0.2, 0) is 17.3 Å². The zero-order valence-corrected chi connectivity index (χ0v) is 13.3. The zero-order chi connectivity index (χ0) is 16.4. The quantitative estimate of drug-likeness (QED) is 0.884. The molecule has 1 aromatic carbocycles. The van der Waals surface area contributed by atoms with Gasteiger partial charge in [-0.25, -0.2) is 0 Å². The van der Waals surface area contributed by atoms with Crippen LogP contribution in [-0.4, -0.2) is 28.1 Å². The summed E-state index contributed by atoms with van der Waals surface area (Å²) in [6.45, 7) is 2.08. The van der Waals surface area contributed by atoms with Gasteiger partial charge in [-0.2, -0.15) is 5.10 Å². The molecule has 1 aliphatic rings. The van der Waals surface area contributed by atoms with Gasteiger partial charge in [0.2, 0.25) is 5.91 Å². The maximum Gasteiger partial charge on any atom is 0.252 e. The molecule has 1 aliphatic carbocycles. The Labute approximate surface area is 134 Å². The fourth-order valence-electron chi connectivity index (χ4n) is 2.59. The lowest BCUT2D eigenvalue weighted by Crippen LogP contribution is -2.33. The lowest BCUT2D eigenvalue weighted by molar-refractivity contribution is -0.115. The van der Waals surface area contributed by atoms with Gasteiger partial charge in [-0.3, -0.25) is 14.3 Å². The van der Waals surface area contributed by atoms with Crippen molar-refractivity contribution >= 4 is 17.6 Å². The van der Waals surface area contributed by atoms with Crippen LogP contribution in [0.3, 0.4) is 0 Å². The number of aromatic nitrogens is 2. The van der Waals surface area contributed by atoms with Crippen LogP contribution >= 0.6 is 0 Å². The van der Waals surface area contributed by atoms with E-state index in [0.717, 1.165) is 18.4 Å². The summed E-state index contributed by atoms with van der Waals surface area (Å²) in [4.78, 5) is 24.3. The van der Waals surface area contributed by atoms with E-state index in [9.17, 15) is 9.59 Å². The van der Waals surface area contributed by atoms with E-state index in [-0.39, 0.29) is 23.8 Å². The molecule has 0 saturated heterocycles. The van der Waals surface area contributed by atoms with Gasteiger partial charge in [-0.05, 0) is 29.9 Å². The van der Waals surface area contributed by atoms with Crippen molar-refractivity contribution in [1.29, 1.82) is 0 Å². The second kappa shape index (κ2) is 5.87. The topological polar surface area (TPSA) is 76.0 Å². The summed E-state index contributed by atoms with van der Waals surface area (Å²) in [5, 5.41) is 9.38. The van der Waals surface area contributed by atoms with Gasteiger partial charge in [0.05, 0.1) is 6.54 Å². The molecule has 6 nitrogen and oxygen atoms in total. The van der Waals surface area contributed by atoms with E-state index in [0.29, 0.717) is 11.4 Å². The average molecular weight is 312 g/mol. The third-order valence-corrected chi connectivity index (χ3v) is 4.21. The molecule has 0 radical (unpaired) electrons. The van der Waals surface area contributed by atoms with Gasteiger partial charge in [-0.15, -0.1) is 0 Å². The summed E-state index contributed by atoms with van der Waals surface area (Å²) in [5.74, 6) is -0.0466. The highest BCUT2D eigenvalue weighted by molar-refractivity contribution is 6.00. The number of hydrogen-bond acceptors (Lipinski definition) is 3. The molecule has 23 heavy (non-hydrogen) atoms. The molecule has 1 heterocycles. The van der Waals surface area contributed by atoms with E-state index in [4.69, 9.17) is 0 Å². The molecule has 0 bridgehead atoms. The Morgan fingerprint density at radius 1 is 1.26 bits per heavy atom. The number of aryl methyl sites for hydroxylation is 1. The predicted molar refractivity (Wildman–Crippen MR) is 87.2 cm³/mol. The molecule has 1 saturated carbocycles. The fraction of sp³-hybridized carbons (Fsp3) is 0.353. The highest BCUT2D eigenvalue weighted by Gasteiger charge is 2.41. The molecule has 0 spiro atoms. The highest BCUT2D eigenvalue weighted by atomic mass is 16.2. The van der Waals surface area contributed by atoms with Crippen molar-refractivity contribution in [3.05, 3.63) is 47.7 Å². The van der Waals surface area contributed by atoms with Crippen molar-refractivity contribution in [2.75, 3.05) is 11.9 Å². The Balaban J connectivity index is 1.61. The maximum atomic E-state index is 12.4. The monoisotopic (exact) mass is 312 g/mol. The number of carbonyl (C=O) groups excluding carboxylic acids is 2. The first kappa shape index (κ1) is 15.3. The Bertz CT molecular complexity index is 747. The summed E-state index contributed by atoms with van der Waals surface area (Å²) >= 11 is 0. The molecule has 1 fully saturated rings. The molecule has 2 N–H and O–H groups in total. The van der Waals surface area contributed by atoms with E-state index in [1.165, 1.54) is 0 Å². The number of benzene rings is 1. The predicted octanol–water partition coefficient (Wildman–Crippen LogP) is 1.84. The van der Waals surface area contributed by atoms with Gasteiger partial charge >= 0.3 is 0 Å². The van der Waals surface area contributed by atoms with Crippen molar-refractivity contribution in [2.24, 2.45) is 7.05 Å². The second-order valence-electron chi connectivity index (χ2n) is 6.21. The third kappa shape index (κ3) is 3.41. The Kier molecular flexibility index (Phi) is 3.90. The Hall–Kier alpha value is -2.63. The molecular formula is C17H20N4O2. The molecule has 0 atom stereocenters. The molecule has 1 aromatic heterocycles. The lowest BCUT2D eigenvalue weighted by Gasteiger charge is -2.14. The van der Waals surface area contributed by atoms with Crippen LogP contribution in [0, 0.1) is 0 Å². The Morgan fingerprint density at radius 2 is 2.00 bits per heavy atom. The number of nitrogens with one attached hydrogen (secondary N) is 2. The first-order chi connectivity index (χ1) is 11.0. The Morgan fingerprint density at radius 3 is 2.65 bits per heavy atom. The van der Waals surface area contributed by atoms with Crippen molar-refractivity contribution in [3.8, 4) is 0 Å². The number of carbonyl (C=O) groups is 2. The average Bonchev–Trinajstić information content (AvgIpc) is 3.16. The fourth-order valence-corrected chi connectivity index (χ4v) is 2.59. The van der Waals surface area contributed by atoms with Gasteiger partial charge < -0.3 is 10.6 Å². The number of amides is 2. The van der Waals surface area contributed by atoms with E-state index in [2.05, 4.69) is 22.7 Å². The summed E-state index contributed by atoms with van der Waals surface area (Å²) < 4.78 is 1.60. The van der Waals surface area contributed by atoms with Crippen LogP contribution in [0.25, 0.3) is 0 Å². The van der Waals surface area contributed by atoms with Crippen molar-refractivity contribution in [3.63, 3.8) is 0 Å². The van der Waals surface area contributed by atoms with Crippen LogP contribution in [0.2, 0.25) is 0 Å². The van der Waals surface area contributed by atoms with Crippen molar-refractivity contribution in [2.45, 2.75) is 25.2 Å². The van der Waals surface area contributed by atoms with E-state index < -0.39 is 0 Å². The number of nitrogens with zero attached hydrogens (tertiary/aromatic N) is 2. The highest BCUT2D eigenvalue weighted by Crippen LogP contribution is 2.48. The molecular weight excluding hydrogens is 292 g/mol. The minimum absolute atomic E-state index is 0.0829. The first-order valence-corrected chi connectivity index (χ1v) is 7.65. The van der Waals surface area contributed by atoms with Crippen LogP contribution in [0.15, 0.2) is 36.5 Å². The molecule has 0 aliphatic heterocycles. The summed E-state index contributed by atoms with van der Waals surface area (Å²) in [6, 6.07) is 9.30. The van der Waals surface area contributed by atoms with E-state index in [1.54, 1.807) is 24.0 Å². The van der Waals surface area contributed by atoms with Gasteiger partial charge in [0, 0.05) is 24.9 Å².